The lowest BCUT2D eigenvalue weighted by Gasteiger charge is -2.24. The Morgan fingerprint density at radius 2 is 1.90 bits per heavy atom. The molecule has 0 radical (unpaired) electrons. The number of aromatic nitrogens is 2. The molecule has 2 heterocycles. The molecule has 1 saturated heterocycles. The third kappa shape index (κ3) is 3.86. The number of rotatable bonds is 6. The average Bonchev–Trinajstić information content (AvgIpc) is 3.32. The molecule has 1 aromatic heterocycles. The van der Waals surface area contributed by atoms with E-state index >= 15 is 0 Å². The van der Waals surface area contributed by atoms with Crippen molar-refractivity contribution in [2.24, 2.45) is 0 Å². The molecule has 152 valence electrons. The molecule has 0 N–H and O–H groups in total. The fourth-order valence-corrected chi connectivity index (χ4v) is 4.42. The van der Waals surface area contributed by atoms with E-state index in [0.717, 1.165) is 55.0 Å². The van der Waals surface area contributed by atoms with E-state index in [-0.39, 0.29) is 11.9 Å². The molecule has 4 rings (SSSR count). The van der Waals surface area contributed by atoms with E-state index in [0.29, 0.717) is 6.61 Å². The molecule has 3 aromatic rings. The molecule has 0 unspecified atom stereocenters. The number of hydrogen-bond donors (Lipinski definition) is 0. The number of benzene rings is 2. The highest BCUT2D eigenvalue weighted by Crippen LogP contribution is 2.33. The van der Waals surface area contributed by atoms with Gasteiger partial charge in [-0.3, -0.25) is 4.79 Å². The number of hydrogen-bond acceptors (Lipinski definition) is 3. The second kappa shape index (κ2) is 8.27. The molecule has 0 saturated carbocycles. The van der Waals surface area contributed by atoms with E-state index in [1.807, 2.05) is 11.0 Å². The summed E-state index contributed by atoms with van der Waals surface area (Å²) in [5.41, 5.74) is 4.46. The highest BCUT2D eigenvalue weighted by Gasteiger charge is 2.32. The minimum absolute atomic E-state index is 0.0689. The number of fused-ring (bicyclic) bond motifs is 1. The van der Waals surface area contributed by atoms with Crippen molar-refractivity contribution in [1.29, 1.82) is 0 Å². The topological polar surface area (TPSA) is 47.4 Å². The maximum Gasteiger partial charge on any atom is 0.220 e. The first-order chi connectivity index (χ1) is 14.1. The van der Waals surface area contributed by atoms with E-state index in [1.165, 1.54) is 11.1 Å². The third-order valence-electron chi connectivity index (χ3n) is 5.82. The molecule has 1 atom stereocenters. The van der Waals surface area contributed by atoms with Crippen molar-refractivity contribution in [3.8, 4) is 5.75 Å². The van der Waals surface area contributed by atoms with Crippen LogP contribution in [0.2, 0.25) is 0 Å². The van der Waals surface area contributed by atoms with Crippen LogP contribution in [0, 0.1) is 13.8 Å². The second-order valence-corrected chi connectivity index (χ2v) is 7.90. The summed E-state index contributed by atoms with van der Waals surface area (Å²) in [7, 11) is 0. The van der Waals surface area contributed by atoms with E-state index in [4.69, 9.17) is 9.72 Å². The molecule has 1 aliphatic heterocycles. The first kappa shape index (κ1) is 19.5. The Morgan fingerprint density at radius 3 is 2.66 bits per heavy atom. The Labute approximate surface area is 172 Å². The van der Waals surface area contributed by atoms with Gasteiger partial charge < -0.3 is 14.2 Å². The first-order valence-electron chi connectivity index (χ1n) is 10.5. The lowest BCUT2D eigenvalue weighted by Crippen LogP contribution is -2.30. The van der Waals surface area contributed by atoms with Gasteiger partial charge >= 0.3 is 0 Å². The second-order valence-electron chi connectivity index (χ2n) is 7.90. The molecule has 0 bridgehead atoms. The molecule has 5 nitrogen and oxygen atoms in total. The molecule has 1 aliphatic rings. The molecule has 0 spiro atoms. The zero-order valence-corrected chi connectivity index (χ0v) is 17.5. The normalized spacial score (nSPS) is 16.5. The summed E-state index contributed by atoms with van der Waals surface area (Å²) in [5.74, 6) is 2.12. The van der Waals surface area contributed by atoms with Crippen molar-refractivity contribution in [3.63, 3.8) is 0 Å². The van der Waals surface area contributed by atoms with Gasteiger partial charge in [0, 0.05) is 20.0 Å². The minimum Gasteiger partial charge on any atom is -0.493 e. The predicted octanol–water partition coefficient (Wildman–Crippen LogP) is 4.81. The van der Waals surface area contributed by atoms with Crippen LogP contribution in [0.15, 0.2) is 42.5 Å². The van der Waals surface area contributed by atoms with E-state index < -0.39 is 0 Å². The fraction of sp³-hybridized carbons (Fsp3) is 0.417. The minimum atomic E-state index is 0.0689. The van der Waals surface area contributed by atoms with Gasteiger partial charge in [-0.25, -0.2) is 4.98 Å². The van der Waals surface area contributed by atoms with Crippen LogP contribution in [0.4, 0.5) is 0 Å². The van der Waals surface area contributed by atoms with E-state index in [9.17, 15) is 4.79 Å². The maximum absolute atomic E-state index is 12.1. The quantitative estimate of drug-likeness (QED) is 0.567. The number of nitrogens with zero attached hydrogens (tertiary/aromatic N) is 3. The summed E-state index contributed by atoms with van der Waals surface area (Å²) in [6, 6.07) is 14.5. The van der Waals surface area contributed by atoms with Gasteiger partial charge in [-0.1, -0.05) is 30.3 Å². The van der Waals surface area contributed by atoms with Crippen molar-refractivity contribution in [2.75, 3.05) is 13.2 Å². The smallest absolute Gasteiger partial charge is 0.220 e. The van der Waals surface area contributed by atoms with Gasteiger partial charge in [0.25, 0.3) is 0 Å². The van der Waals surface area contributed by atoms with Crippen molar-refractivity contribution in [1.82, 2.24) is 14.5 Å². The van der Waals surface area contributed by atoms with Crippen molar-refractivity contribution in [2.45, 2.75) is 52.6 Å². The molecule has 2 aromatic carbocycles. The van der Waals surface area contributed by atoms with Crippen LogP contribution in [0.25, 0.3) is 11.0 Å². The van der Waals surface area contributed by atoms with Gasteiger partial charge in [0.05, 0.1) is 23.7 Å². The van der Waals surface area contributed by atoms with Crippen molar-refractivity contribution in [3.05, 3.63) is 59.4 Å². The summed E-state index contributed by atoms with van der Waals surface area (Å²) >= 11 is 0. The zero-order valence-electron chi connectivity index (χ0n) is 17.5. The van der Waals surface area contributed by atoms with Gasteiger partial charge in [-0.2, -0.15) is 0 Å². The van der Waals surface area contributed by atoms with Crippen LogP contribution < -0.4 is 4.74 Å². The number of ether oxygens (including phenoxy) is 1. The number of imidazole rings is 1. The highest BCUT2D eigenvalue weighted by atomic mass is 16.5. The standard InChI is InChI=1S/C24H29N3O2/c1-17-9-6-10-18(2)23(17)29-16-8-15-27-21-12-5-4-11-20(21)25-24(27)22-13-7-14-26(22)19(3)28/h4-6,9-12,22H,7-8,13-16H2,1-3H3/t22-/m1/s1. The van der Waals surface area contributed by atoms with Crippen molar-refractivity contribution >= 4 is 16.9 Å². The summed E-state index contributed by atoms with van der Waals surface area (Å²) in [6.45, 7) is 8.12. The van der Waals surface area contributed by atoms with Gasteiger partial charge in [-0.05, 0) is 56.4 Å². The van der Waals surface area contributed by atoms with Crippen molar-refractivity contribution < 1.29 is 9.53 Å². The van der Waals surface area contributed by atoms with Gasteiger partial charge in [0.15, 0.2) is 0 Å². The van der Waals surface area contributed by atoms with Crippen LogP contribution in [0.5, 0.6) is 5.75 Å². The Bertz CT molecular complexity index is 1000. The largest absolute Gasteiger partial charge is 0.493 e. The Kier molecular flexibility index (Phi) is 5.56. The Morgan fingerprint density at radius 1 is 1.14 bits per heavy atom. The molecule has 29 heavy (non-hydrogen) atoms. The van der Waals surface area contributed by atoms with Gasteiger partial charge in [0.1, 0.15) is 11.6 Å². The highest BCUT2D eigenvalue weighted by molar-refractivity contribution is 5.77. The van der Waals surface area contributed by atoms with Crippen LogP contribution in [0.1, 0.15) is 49.2 Å². The van der Waals surface area contributed by atoms with Crippen LogP contribution in [0.3, 0.4) is 0 Å². The Balaban J connectivity index is 1.54. The number of carbonyl (C=O) groups excluding carboxylic acids is 1. The fourth-order valence-electron chi connectivity index (χ4n) is 4.42. The maximum atomic E-state index is 12.1. The monoisotopic (exact) mass is 391 g/mol. The van der Waals surface area contributed by atoms with Crippen LogP contribution in [-0.4, -0.2) is 33.5 Å². The number of aryl methyl sites for hydroxylation is 3. The molecular weight excluding hydrogens is 362 g/mol. The lowest BCUT2D eigenvalue weighted by atomic mass is 10.1. The molecule has 5 heteroatoms. The molecule has 1 amide bonds. The lowest BCUT2D eigenvalue weighted by molar-refractivity contribution is -0.129. The van der Waals surface area contributed by atoms with E-state index in [1.54, 1.807) is 6.92 Å². The predicted molar refractivity (Wildman–Crippen MR) is 115 cm³/mol. The number of likely N-dealkylation sites (tertiary alicyclic amines) is 1. The van der Waals surface area contributed by atoms with Gasteiger partial charge in [-0.15, -0.1) is 0 Å². The number of para-hydroxylation sites is 3. The van der Waals surface area contributed by atoms with E-state index in [2.05, 4.69) is 54.8 Å². The zero-order chi connectivity index (χ0) is 20.4. The third-order valence-corrected chi connectivity index (χ3v) is 5.82. The first-order valence-corrected chi connectivity index (χ1v) is 10.5. The number of carbonyl (C=O) groups is 1. The molecule has 1 fully saturated rings. The van der Waals surface area contributed by atoms with Gasteiger partial charge in [0.2, 0.25) is 5.91 Å². The summed E-state index contributed by atoms with van der Waals surface area (Å²) in [6.07, 6.45) is 2.89. The Hall–Kier alpha value is -2.82. The summed E-state index contributed by atoms with van der Waals surface area (Å²) in [4.78, 5) is 19.0. The summed E-state index contributed by atoms with van der Waals surface area (Å²) in [5, 5.41) is 0. The van der Waals surface area contributed by atoms with Crippen LogP contribution >= 0.6 is 0 Å². The molecule has 0 aliphatic carbocycles. The average molecular weight is 392 g/mol. The molecular formula is C24H29N3O2. The summed E-state index contributed by atoms with van der Waals surface area (Å²) < 4.78 is 8.39. The van der Waals surface area contributed by atoms with Crippen LogP contribution in [-0.2, 0) is 11.3 Å². The SMILES string of the molecule is CC(=O)N1CCC[C@@H]1c1nc2ccccc2n1CCCOc1c(C)cccc1C. The number of amides is 1.